The molecule has 2 unspecified atom stereocenters. The maximum absolute atomic E-state index is 11.9. The van der Waals surface area contributed by atoms with Crippen LogP contribution in [0.5, 0.6) is 0 Å². The molecule has 0 radical (unpaired) electrons. The molecule has 1 rings (SSSR count). The highest BCUT2D eigenvalue weighted by molar-refractivity contribution is 9.09. The molecule has 0 N–H and O–H groups in total. The Hall–Kier alpha value is -0.310. The van der Waals surface area contributed by atoms with Crippen molar-refractivity contribution >= 4 is 21.9 Å². The molecule has 0 aromatic carbocycles. The summed E-state index contributed by atoms with van der Waals surface area (Å²) in [7, 11) is 1.45. The van der Waals surface area contributed by atoms with Gasteiger partial charge in [0.25, 0.3) is 0 Å². The summed E-state index contributed by atoms with van der Waals surface area (Å²) in [6.45, 7) is 10.4. The third-order valence-electron chi connectivity index (χ3n) is 3.62. The van der Waals surface area contributed by atoms with Crippen molar-refractivity contribution in [3.63, 3.8) is 0 Å². The van der Waals surface area contributed by atoms with E-state index in [2.05, 4.69) is 42.8 Å². The molecule has 16 heavy (non-hydrogen) atoms. The summed E-state index contributed by atoms with van der Waals surface area (Å²) in [5.41, 5.74) is 0.823. The number of esters is 1. The fraction of sp³-hybridized carbons (Fsp3) is 0.769. The van der Waals surface area contributed by atoms with Crippen molar-refractivity contribution in [1.82, 2.24) is 0 Å². The second-order valence-corrected chi connectivity index (χ2v) is 6.79. The summed E-state index contributed by atoms with van der Waals surface area (Å²) >= 11 is 3.70. The molecule has 1 aliphatic rings. The van der Waals surface area contributed by atoms with Gasteiger partial charge < -0.3 is 4.74 Å². The summed E-state index contributed by atoms with van der Waals surface area (Å²) in [4.78, 5) is 12.1. The van der Waals surface area contributed by atoms with Crippen molar-refractivity contribution in [3.8, 4) is 0 Å². The first-order valence-corrected chi connectivity index (χ1v) is 6.48. The molecule has 0 heterocycles. The van der Waals surface area contributed by atoms with Gasteiger partial charge in [0.05, 0.1) is 12.5 Å². The predicted molar refractivity (Wildman–Crippen MR) is 69.5 cm³/mol. The number of halogens is 1. The second kappa shape index (κ2) is 4.17. The van der Waals surface area contributed by atoms with Crippen molar-refractivity contribution in [2.24, 2.45) is 16.7 Å². The molecule has 0 aliphatic heterocycles. The first kappa shape index (κ1) is 13.8. The van der Waals surface area contributed by atoms with Gasteiger partial charge in [0.15, 0.2) is 0 Å². The Morgan fingerprint density at radius 2 is 2.00 bits per heavy atom. The van der Waals surface area contributed by atoms with Crippen LogP contribution in [0.1, 0.15) is 34.6 Å². The van der Waals surface area contributed by atoms with Gasteiger partial charge in [0.2, 0.25) is 0 Å². The van der Waals surface area contributed by atoms with E-state index in [-0.39, 0.29) is 22.1 Å². The van der Waals surface area contributed by atoms with E-state index >= 15 is 0 Å². The number of carbonyl (C=O) groups is 1. The van der Waals surface area contributed by atoms with Gasteiger partial charge in [-0.15, -0.1) is 0 Å². The van der Waals surface area contributed by atoms with Gasteiger partial charge in [0.1, 0.15) is 0 Å². The Labute approximate surface area is 107 Å². The molecule has 0 aromatic rings. The van der Waals surface area contributed by atoms with Gasteiger partial charge >= 0.3 is 5.97 Å². The fourth-order valence-corrected chi connectivity index (χ4v) is 4.56. The summed E-state index contributed by atoms with van der Waals surface area (Å²) in [6.07, 6.45) is 2.25. The van der Waals surface area contributed by atoms with Gasteiger partial charge in [0, 0.05) is 4.83 Å². The third-order valence-corrected chi connectivity index (χ3v) is 4.87. The fourth-order valence-electron chi connectivity index (χ4n) is 3.08. The Bertz CT molecular complexity index is 329. The third kappa shape index (κ3) is 2.06. The number of rotatable bonds is 2. The number of allylic oxidation sites excluding steroid dienone is 2. The zero-order valence-corrected chi connectivity index (χ0v) is 12.5. The van der Waals surface area contributed by atoms with Gasteiger partial charge in [-0.05, 0) is 32.1 Å². The first-order valence-electron chi connectivity index (χ1n) is 5.56. The zero-order chi connectivity index (χ0) is 12.7. The SMILES string of the molecule is COC(=O)C(C)(C)C1C(Br)C(C)=CC1(C)C. The van der Waals surface area contributed by atoms with Crippen LogP contribution in [-0.4, -0.2) is 17.9 Å². The highest BCUT2D eigenvalue weighted by atomic mass is 79.9. The molecule has 92 valence electrons. The molecule has 0 bridgehead atoms. The summed E-state index contributed by atoms with van der Waals surface area (Å²) in [6, 6.07) is 0. The van der Waals surface area contributed by atoms with Crippen molar-refractivity contribution in [2.75, 3.05) is 7.11 Å². The number of ether oxygens (including phenoxy) is 1. The number of methoxy groups -OCH3 is 1. The van der Waals surface area contributed by atoms with E-state index in [9.17, 15) is 4.79 Å². The molecule has 0 fully saturated rings. The number of hydrogen-bond donors (Lipinski definition) is 0. The maximum Gasteiger partial charge on any atom is 0.311 e. The minimum absolute atomic E-state index is 0.00986. The molecule has 2 atom stereocenters. The quantitative estimate of drug-likeness (QED) is 0.441. The minimum Gasteiger partial charge on any atom is -0.469 e. The monoisotopic (exact) mass is 288 g/mol. The van der Waals surface area contributed by atoms with Crippen molar-refractivity contribution in [3.05, 3.63) is 11.6 Å². The summed E-state index contributed by atoms with van der Waals surface area (Å²) in [5, 5.41) is 0. The first-order chi connectivity index (χ1) is 7.14. The molecule has 2 nitrogen and oxygen atoms in total. The average Bonchev–Trinajstić information content (AvgIpc) is 2.34. The molecule has 3 heteroatoms. The van der Waals surface area contributed by atoms with Crippen LogP contribution in [0.2, 0.25) is 0 Å². The van der Waals surface area contributed by atoms with Crippen LogP contribution in [0.15, 0.2) is 11.6 Å². The lowest BCUT2D eigenvalue weighted by molar-refractivity contribution is -0.155. The molecular formula is C13H21BrO2. The number of carbonyl (C=O) groups excluding carboxylic acids is 1. The van der Waals surface area contributed by atoms with Crippen LogP contribution in [-0.2, 0) is 9.53 Å². The molecule has 0 amide bonds. The van der Waals surface area contributed by atoms with Crippen LogP contribution < -0.4 is 0 Å². The zero-order valence-electron chi connectivity index (χ0n) is 10.9. The van der Waals surface area contributed by atoms with Crippen molar-refractivity contribution in [1.29, 1.82) is 0 Å². The van der Waals surface area contributed by atoms with E-state index in [1.165, 1.54) is 12.7 Å². The second-order valence-electron chi connectivity index (χ2n) is 5.80. The molecule has 1 aliphatic carbocycles. The topological polar surface area (TPSA) is 26.3 Å². The largest absolute Gasteiger partial charge is 0.469 e. The van der Waals surface area contributed by atoms with Crippen molar-refractivity contribution < 1.29 is 9.53 Å². The van der Waals surface area contributed by atoms with E-state index in [0.29, 0.717) is 0 Å². The lowest BCUT2D eigenvalue weighted by atomic mass is 9.66. The smallest absolute Gasteiger partial charge is 0.311 e. The van der Waals surface area contributed by atoms with Crippen LogP contribution >= 0.6 is 15.9 Å². The number of alkyl halides is 1. The number of hydrogen-bond acceptors (Lipinski definition) is 2. The molecule has 0 spiro atoms. The Kier molecular flexibility index (Phi) is 3.59. The Morgan fingerprint density at radius 1 is 1.50 bits per heavy atom. The molecule has 0 saturated heterocycles. The lowest BCUT2D eigenvalue weighted by Gasteiger charge is -2.39. The summed E-state index contributed by atoms with van der Waals surface area (Å²) in [5.74, 6) is 0.0746. The van der Waals surface area contributed by atoms with E-state index in [0.717, 1.165) is 0 Å². The highest BCUT2D eigenvalue weighted by Crippen LogP contribution is 2.53. The lowest BCUT2D eigenvalue weighted by Crippen LogP contribution is -2.43. The molecule has 0 aromatic heterocycles. The van der Waals surface area contributed by atoms with Crippen LogP contribution in [0.3, 0.4) is 0 Å². The normalized spacial score (nSPS) is 28.8. The van der Waals surface area contributed by atoms with E-state index in [1.54, 1.807) is 0 Å². The highest BCUT2D eigenvalue weighted by Gasteiger charge is 2.51. The van der Waals surface area contributed by atoms with Gasteiger partial charge in [-0.25, -0.2) is 0 Å². The standard InChI is InChI=1S/C13H21BrO2/c1-8-7-12(2,3)10(9(8)14)13(4,5)11(15)16-6/h7,9-10H,1-6H3. The van der Waals surface area contributed by atoms with Gasteiger partial charge in [-0.1, -0.05) is 41.4 Å². The Morgan fingerprint density at radius 3 is 2.31 bits per heavy atom. The van der Waals surface area contributed by atoms with E-state index < -0.39 is 5.41 Å². The van der Waals surface area contributed by atoms with Gasteiger partial charge in [-0.2, -0.15) is 0 Å². The van der Waals surface area contributed by atoms with E-state index in [1.807, 2.05) is 13.8 Å². The average molecular weight is 289 g/mol. The molecular weight excluding hydrogens is 268 g/mol. The molecule has 0 saturated carbocycles. The predicted octanol–water partition coefficient (Wildman–Crippen LogP) is 3.55. The van der Waals surface area contributed by atoms with Crippen LogP contribution in [0.4, 0.5) is 0 Å². The maximum atomic E-state index is 11.9. The van der Waals surface area contributed by atoms with E-state index in [4.69, 9.17) is 4.74 Å². The Balaban J connectivity index is 3.10. The summed E-state index contributed by atoms with van der Waals surface area (Å²) < 4.78 is 4.92. The van der Waals surface area contributed by atoms with Gasteiger partial charge in [-0.3, -0.25) is 4.79 Å². The van der Waals surface area contributed by atoms with Crippen LogP contribution in [0, 0.1) is 16.7 Å². The minimum atomic E-state index is -0.485. The van der Waals surface area contributed by atoms with Crippen LogP contribution in [0.25, 0.3) is 0 Å². The van der Waals surface area contributed by atoms with Crippen molar-refractivity contribution in [2.45, 2.75) is 39.4 Å².